The normalized spacial score (nSPS) is 16.9. The van der Waals surface area contributed by atoms with Crippen LogP contribution in [0.2, 0.25) is 0 Å². The van der Waals surface area contributed by atoms with E-state index in [4.69, 9.17) is 0 Å². The number of carbonyl (C=O) groups excluding carboxylic acids is 2. The summed E-state index contributed by atoms with van der Waals surface area (Å²) >= 11 is 0.900. The highest BCUT2D eigenvalue weighted by molar-refractivity contribution is 8.00. The summed E-state index contributed by atoms with van der Waals surface area (Å²) in [6.45, 7) is -2.98. The number of alkyl halides is 2. The van der Waals surface area contributed by atoms with E-state index < -0.39 is 29.6 Å². The molecule has 1 unspecified atom stereocenters. The average molecular weight is 394 g/mol. The summed E-state index contributed by atoms with van der Waals surface area (Å²) in [7, 11) is 0. The van der Waals surface area contributed by atoms with E-state index in [0.29, 0.717) is 0 Å². The van der Waals surface area contributed by atoms with E-state index in [1.807, 2.05) is 0 Å². The molecule has 10 heteroatoms. The smallest absolute Gasteiger partial charge is 0.387 e. The second kappa shape index (κ2) is 7.70. The number of carboxylic acid groups (broad SMARTS) is 1. The molecule has 0 bridgehead atoms. The Bertz CT molecular complexity index is 891. The number of thioether (sulfide) groups is 1. The zero-order valence-electron chi connectivity index (χ0n) is 13.5. The third-order valence-electron chi connectivity index (χ3n) is 3.68. The van der Waals surface area contributed by atoms with Gasteiger partial charge in [0, 0.05) is 12.6 Å². The van der Waals surface area contributed by atoms with Crippen molar-refractivity contribution in [3.05, 3.63) is 48.2 Å². The first-order chi connectivity index (χ1) is 12.9. The van der Waals surface area contributed by atoms with Gasteiger partial charge in [-0.1, -0.05) is 11.8 Å². The molecule has 1 aliphatic heterocycles. The van der Waals surface area contributed by atoms with Crippen LogP contribution in [0, 0.1) is 0 Å². The fraction of sp³-hybridized carbons (Fsp3) is 0.176. The molecule has 3 rings (SSSR count). The molecule has 0 radical (unpaired) electrons. The average Bonchev–Trinajstić information content (AvgIpc) is 2.89. The number of rotatable bonds is 6. The summed E-state index contributed by atoms with van der Waals surface area (Å²) in [6, 6.07) is 7.92. The van der Waals surface area contributed by atoms with Crippen molar-refractivity contribution in [2.75, 3.05) is 4.90 Å². The summed E-state index contributed by atoms with van der Waals surface area (Å²) < 4.78 is 28.6. The van der Waals surface area contributed by atoms with Crippen molar-refractivity contribution in [1.82, 2.24) is 4.98 Å². The van der Waals surface area contributed by atoms with Crippen molar-refractivity contribution in [3.63, 3.8) is 0 Å². The van der Waals surface area contributed by atoms with E-state index in [-0.39, 0.29) is 28.4 Å². The number of anilines is 1. The number of aromatic nitrogens is 1. The number of amides is 2. The van der Waals surface area contributed by atoms with Gasteiger partial charge in [0.1, 0.15) is 10.8 Å². The molecule has 0 spiro atoms. The van der Waals surface area contributed by atoms with Crippen LogP contribution in [0.25, 0.3) is 0 Å². The minimum atomic E-state index is -2.98. The Balaban J connectivity index is 1.78. The molecule has 1 saturated heterocycles. The Labute approximate surface area is 155 Å². The fourth-order valence-electron chi connectivity index (χ4n) is 2.53. The van der Waals surface area contributed by atoms with Crippen molar-refractivity contribution in [3.8, 4) is 5.75 Å². The minimum absolute atomic E-state index is 0.0605. The Hall–Kier alpha value is -3.01. The monoisotopic (exact) mass is 394 g/mol. The molecular weight excluding hydrogens is 382 g/mol. The summed E-state index contributed by atoms with van der Waals surface area (Å²) in [5.41, 5.74) is 0.156. The Morgan fingerprint density at radius 2 is 1.96 bits per heavy atom. The number of ether oxygens (including phenoxy) is 1. The Morgan fingerprint density at radius 1 is 1.26 bits per heavy atom. The van der Waals surface area contributed by atoms with Crippen LogP contribution in [0.5, 0.6) is 5.75 Å². The topological polar surface area (TPSA) is 96.8 Å². The van der Waals surface area contributed by atoms with Crippen molar-refractivity contribution >= 4 is 35.2 Å². The van der Waals surface area contributed by atoms with Gasteiger partial charge in [-0.25, -0.2) is 14.7 Å². The van der Waals surface area contributed by atoms with Gasteiger partial charge in [0.15, 0.2) is 0 Å². The third kappa shape index (κ3) is 4.05. The molecule has 1 aromatic heterocycles. The van der Waals surface area contributed by atoms with Gasteiger partial charge in [-0.2, -0.15) is 8.78 Å². The molecule has 0 aliphatic carbocycles. The predicted molar refractivity (Wildman–Crippen MR) is 91.0 cm³/mol. The van der Waals surface area contributed by atoms with Crippen molar-refractivity contribution in [2.45, 2.75) is 23.3 Å². The highest BCUT2D eigenvalue weighted by Gasteiger charge is 2.40. The van der Waals surface area contributed by atoms with Crippen LogP contribution in [0.1, 0.15) is 16.8 Å². The van der Waals surface area contributed by atoms with Gasteiger partial charge >= 0.3 is 12.6 Å². The number of hydrogen-bond acceptors (Lipinski definition) is 6. The minimum Gasteiger partial charge on any atom is -0.478 e. The molecule has 2 heterocycles. The van der Waals surface area contributed by atoms with Crippen LogP contribution >= 0.6 is 11.8 Å². The molecule has 7 nitrogen and oxygen atoms in total. The molecule has 2 amide bonds. The lowest BCUT2D eigenvalue weighted by Crippen LogP contribution is -2.31. The first-order valence-electron chi connectivity index (χ1n) is 7.63. The summed E-state index contributed by atoms with van der Waals surface area (Å²) in [5.74, 6) is -2.30. The lowest BCUT2D eigenvalue weighted by atomic mass is 10.3. The van der Waals surface area contributed by atoms with Gasteiger partial charge in [-0.15, -0.1) is 0 Å². The van der Waals surface area contributed by atoms with Gasteiger partial charge in [0.05, 0.1) is 16.5 Å². The number of imide groups is 1. The second-order valence-electron chi connectivity index (χ2n) is 5.41. The molecule has 140 valence electrons. The number of aromatic carboxylic acids is 1. The van der Waals surface area contributed by atoms with E-state index >= 15 is 0 Å². The lowest BCUT2D eigenvalue weighted by Gasteiger charge is -2.15. The van der Waals surface area contributed by atoms with Gasteiger partial charge in [0.25, 0.3) is 0 Å². The third-order valence-corrected chi connectivity index (χ3v) is 4.88. The first-order valence-corrected chi connectivity index (χ1v) is 8.51. The van der Waals surface area contributed by atoms with Crippen LogP contribution in [0.3, 0.4) is 0 Å². The number of benzene rings is 1. The molecule has 1 N–H and O–H groups in total. The quantitative estimate of drug-likeness (QED) is 0.753. The summed E-state index contributed by atoms with van der Waals surface area (Å²) in [6.07, 6.45) is 1.27. The zero-order valence-corrected chi connectivity index (χ0v) is 14.4. The highest BCUT2D eigenvalue weighted by Crippen LogP contribution is 2.35. The highest BCUT2D eigenvalue weighted by atomic mass is 32.2. The standard InChI is InChI=1S/C17H12F2N2O5S/c18-17(19)26-10-5-3-9(4-6-10)21-13(22)8-12(15(21)23)27-14-11(16(24)25)2-1-7-20-14/h1-7,12,17H,8H2,(H,24,25). The van der Waals surface area contributed by atoms with Crippen LogP contribution < -0.4 is 9.64 Å². The Morgan fingerprint density at radius 3 is 2.59 bits per heavy atom. The van der Waals surface area contributed by atoms with E-state index in [1.54, 1.807) is 0 Å². The van der Waals surface area contributed by atoms with Crippen molar-refractivity contribution in [2.24, 2.45) is 0 Å². The molecule has 1 aromatic carbocycles. The first kappa shape index (κ1) is 18.8. The SMILES string of the molecule is O=C(O)c1cccnc1SC1CC(=O)N(c2ccc(OC(F)F)cc2)C1=O. The van der Waals surface area contributed by atoms with Crippen molar-refractivity contribution < 1.29 is 33.0 Å². The maximum Gasteiger partial charge on any atom is 0.387 e. The second-order valence-corrected chi connectivity index (χ2v) is 6.60. The fourth-order valence-corrected chi connectivity index (χ4v) is 3.63. The maximum atomic E-state index is 12.6. The largest absolute Gasteiger partial charge is 0.478 e. The molecule has 0 saturated carbocycles. The summed E-state index contributed by atoms with van der Waals surface area (Å²) in [4.78, 5) is 41.1. The van der Waals surface area contributed by atoms with E-state index in [1.165, 1.54) is 42.6 Å². The van der Waals surface area contributed by atoms with Gasteiger partial charge < -0.3 is 9.84 Å². The molecule has 27 heavy (non-hydrogen) atoms. The van der Waals surface area contributed by atoms with Crippen LogP contribution in [-0.4, -0.2) is 39.7 Å². The number of halogens is 2. The molecule has 1 atom stereocenters. The number of hydrogen-bond donors (Lipinski definition) is 1. The van der Waals surface area contributed by atoms with Crippen LogP contribution in [-0.2, 0) is 9.59 Å². The van der Waals surface area contributed by atoms with Gasteiger partial charge in [-0.3, -0.25) is 9.59 Å². The maximum absolute atomic E-state index is 12.6. The summed E-state index contributed by atoms with van der Waals surface area (Å²) in [5, 5.41) is 8.50. The number of nitrogens with zero attached hydrogens (tertiary/aromatic N) is 2. The van der Waals surface area contributed by atoms with E-state index in [9.17, 15) is 28.3 Å². The molecule has 1 aliphatic rings. The number of pyridine rings is 1. The van der Waals surface area contributed by atoms with Gasteiger partial charge in [0.2, 0.25) is 11.8 Å². The van der Waals surface area contributed by atoms with Crippen molar-refractivity contribution in [1.29, 1.82) is 0 Å². The molecular formula is C17H12F2N2O5S. The molecule has 2 aromatic rings. The molecule has 1 fully saturated rings. The van der Waals surface area contributed by atoms with E-state index in [2.05, 4.69) is 9.72 Å². The van der Waals surface area contributed by atoms with Crippen LogP contribution in [0.15, 0.2) is 47.6 Å². The lowest BCUT2D eigenvalue weighted by molar-refractivity contribution is -0.121. The van der Waals surface area contributed by atoms with E-state index in [0.717, 1.165) is 16.7 Å². The zero-order chi connectivity index (χ0) is 19.6. The Kier molecular flexibility index (Phi) is 5.36. The van der Waals surface area contributed by atoms with Gasteiger partial charge in [-0.05, 0) is 36.4 Å². The predicted octanol–water partition coefficient (Wildman–Crippen LogP) is 2.81. The number of carbonyl (C=O) groups is 3. The van der Waals surface area contributed by atoms with Crippen LogP contribution in [0.4, 0.5) is 14.5 Å². The number of carboxylic acids is 1.